The lowest BCUT2D eigenvalue weighted by Crippen LogP contribution is -2.35. The molecule has 1 unspecified atom stereocenters. The predicted molar refractivity (Wildman–Crippen MR) is 68.0 cm³/mol. The van der Waals surface area contributed by atoms with Gasteiger partial charge in [0.05, 0.1) is 0 Å². The summed E-state index contributed by atoms with van der Waals surface area (Å²) in [6.07, 6.45) is 2.94. The van der Waals surface area contributed by atoms with Crippen molar-refractivity contribution in [3.05, 3.63) is 34.2 Å². The number of carbonyl (C=O) groups is 1. The van der Waals surface area contributed by atoms with E-state index in [0.29, 0.717) is 12.5 Å². The number of pyridine rings is 1. The summed E-state index contributed by atoms with van der Waals surface area (Å²) >= 11 is 0. The Kier molecular flexibility index (Phi) is 4.10. The third-order valence-corrected chi connectivity index (χ3v) is 3.12. The highest BCUT2D eigenvalue weighted by Crippen LogP contribution is 2.24. The van der Waals surface area contributed by atoms with Crippen molar-refractivity contribution in [2.24, 2.45) is 11.3 Å². The van der Waals surface area contributed by atoms with E-state index in [1.807, 2.05) is 0 Å². The minimum Gasteiger partial charge on any atom is -0.367 e. The van der Waals surface area contributed by atoms with Crippen LogP contribution in [0.2, 0.25) is 0 Å². The van der Waals surface area contributed by atoms with E-state index in [-0.39, 0.29) is 22.3 Å². The Hall–Kier alpha value is -1.58. The summed E-state index contributed by atoms with van der Waals surface area (Å²) in [5.41, 5.74) is 0.0365. The van der Waals surface area contributed by atoms with E-state index >= 15 is 0 Å². The second-order valence-electron chi connectivity index (χ2n) is 5.40. The molecule has 1 rings (SSSR count). The van der Waals surface area contributed by atoms with Crippen LogP contribution in [0.3, 0.4) is 0 Å². The summed E-state index contributed by atoms with van der Waals surface area (Å²) in [4.78, 5) is 25.9. The molecule has 4 heteroatoms. The molecule has 1 heterocycles. The Morgan fingerprint density at radius 1 is 1.47 bits per heavy atom. The van der Waals surface area contributed by atoms with Crippen LogP contribution < -0.4 is 10.7 Å². The Morgan fingerprint density at radius 2 is 2.12 bits per heavy atom. The molecule has 94 valence electrons. The van der Waals surface area contributed by atoms with Crippen LogP contribution in [-0.4, -0.2) is 17.4 Å². The molecule has 17 heavy (non-hydrogen) atoms. The molecule has 0 aliphatic heterocycles. The average Bonchev–Trinajstić information content (AvgIpc) is 2.24. The molecule has 1 aromatic rings. The van der Waals surface area contributed by atoms with Crippen molar-refractivity contribution in [3.63, 3.8) is 0 Å². The fourth-order valence-electron chi connectivity index (χ4n) is 1.24. The molecule has 0 saturated carbocycles. The molecule has 0 bridgehead atoms. The van der Waals surface area contributed by atoms with E-state index in [0.717, 1.165) is 0 Å². The van der Waals surface area contributed by atoms with Gasteiger partial charge in [-0.2, -0.15) is 0 Å². The van der Waals surface area contributed by atoms with Gasteiger partial charge in [0, 0.05) is 25.0 Å². The predicted octanol–water partition coefficient (Wildman–Crippen LogP) is 1.79. The third kappa shape index (κ3) is 3.73. The Bertz CT molecular complexity index is 443. The SMILES string of the molecule is CC(CNC(=O)c1c[nH]ccc1=O)C(C)(C)C. The number of hydrogen-bond donors (Lipinski definition) is 2. The number of nitrogens with one attached hydrogen (secondary N) is 2. The molecule has 0 radical (unpaired) electrons. The standard InChI is InChI=1S/C13H20N2O2/c1-9(13(2,3)4)7-15-12(17)10-8-14-6-5-11(10)16/h5-6,8-9H,7H2,1-4H3,(H,14,16)(H,15,17). The number of H-pyrrole nitrogens is 1. The third-order valence-electron chi connectivity index (χ3n) is 3.12. The fraction of sp³-hybridized carbons (Fsp3) is 0.538. The molecular formula is C13H20N2O2. The summed E-state index contributed by atoms with van der Waals surface area (Å²) in [6.45, 7) is 9.02. The zero-order chi connectivity index (χ0) is 13.1. The summed E-state index contributed by atoms with van der Waals surface area (Å²) < 4.78 is 0. The van der Waals surface area contributed by atoms with Gasteiger partial charge in [0.2, 0.25) is 0 Å². The lowest BCUT2D eigenvalue weighted by Gasteiger charge is -2.27. The van der Waals surface area contributed by atoms with Gasteiger partial charge in [0.15, 0.2) is 5.43 Å². The Morgan fingerprint density at radius 3 is 2.65 bits per heavy atom. The van der Waals surface area contributed by atoms with E-state index in [2.05, 4.69) is 38.0 Å². The molecule has 0 spiro atoms. The van der Waals surface area contributed by atoms with Gasteiger partial charge in [-0.15, -0.1) is 0 Å². The number of hydrogen-bond acceptors (Lipinski definition) is 2. The monoisotopic (exact) mass is 236 g/mol. The van der Waals surface area contributed by atoms with E-state index in [1.54, 1.807) is 0 Å². The van der Waals surface area contributed by atoms with Crippen LogP contribution in [0.5, 0.6) is 0 Å². The largest absolute Gasteiger partial charge is 0.367 e. The van der Waals surface area contributed by atoms with Gasteiger partial charge >= 0.3 is 0 Å². The van der Waals surface area contributed by atoms with Crippen LogP contribution in [0.1, 0.15) is 38.1 Å². The summed E-state index contributed by atoms with van der Waals surface area (Å²) in [7, 11) is 0. The second-order valence-corrected chi connectivity index (χ2v) is 5.40. The van der Waals surface area contributed by atoms with Crippen molar-refractivity contribution in [1.29, 1.82) is 0 Å². The van der Waals surface area contributed by atoms with Crippen molar-refractivity contribution in [3.8, 4) is 0 Å². The first-order valence-corrected chi connectivity index (χ1v) is 5.77. The normalized spacial score (nSPS) is 13.2. The van der Waals surface area contributed by atoms with E-state index in [9.17, 15) is 9.59 Å². The molecule has 1 atom stereocenters. The van der Waals surface area contributed by atoms with Gasteiger partial charge in [-0.3, -0.25) is 9.59 Å². The molecule has 0 aliphatic carbocycles. The number of rotatable bonds is 3. The first-order valence-electron chi connectivity index (χ1n) is 5.77. The Balaban J connectivity index is 2.63. The maximum Gasteiger partial charge on any atom is 0.256 e. The number of carbonyl (C=O) groups excluding carboxylic acids is 1. The van der Waals surface area contributed by atoms with Crippen LogP contribution >= 0.6 is 0 Å². The molecule has 0 aromatic carbocycles. The molecule has 1 amide bonds. The zero-order valence-corrected chi connectivity index (χ0v) is 10.8. The van der Waals surface area contributed by atoms with E-state index in [1.165, 1.54) is 18.5 Å². The summed E-state index contributed by atoms with van der Waals surface area (Å²) in [5.74, 6) is 0.0252. The summed E-state index contributed by atoms with van der Waals surface area (Å²) in [6, 6.07) is 1.35. The zero-order valence-electron chi connectivity index (χ0n) is 10.8. The summed E-state index contributed by atoms with van der Waals surface area (Å²) in [5, 5.41) is 2.79. The minimum atomic E-state index is -0.317. The number of amides is 1. The van der Waals surface area contributed by atoms with E-state index < -0.39 is 0 Å². The molecule has 0 aliphatic rings. The number of aromatic nitrogens is 1. The second kappa shape index (κ2) is 5.17. The maximum absolute atomic E-state index is 11.8. The lowest BCUT2D eigenvalue weighted by molar-refractivity contribution is 0.0935. The molecule has 0 fully saturated rings. The van der Waals surface area contributed by atoms with Crippen LogP contribution in [-0.2, 0) is 0 Å². The molecular weight excluding hydrogens is 216 g/mol. The highest BCUT2D eigenvalue weighted by Gasteiger charge is 2.20. The minimum absolute atomic E-state index is 0.135. The molecule has 2 N–H and O–H groups in total. The fourth-order valence-corrected chi connectivity index (χ4v) is 1.24. The molecule has 1 aromatic heterocycles. The molecule has 0 saturated heterocycles. The highest BCUT2D eigenvalue weighted by atomic mass is 16.2. The first-order chi connectivity index (χ1) is 7.82. The topological polar surface area (TPSA) is 62.0 Å². The lowest BCUT2D eigenvalue weighted by atomic mass is 9.82. The van der Waals surface area contributed by atoms with Gasteiger partial charge in [-0.25, -0.2) is 0 Å². The number of aromatic amines is 1. The quantitative estimate of drug-likeness (QED) is 0.840. The average molecular weight is 236 g/mol. The van der Waals surface area contributed by atoms with Crippen molar-refractivity contribution in [1.82, 2.24) is 10.3 Å². The molecule has 4 nitrogen and oxygen atoms in total. The first kappa shape index (κ1) is 13.5. The van der Waals surface area contributed by atoms with Crippen molar-refractivity contribution >= 4 is 5.91 Å². The smallest absolute Gasteiger partial charge is 0.256 e. The van der Waals surface area contributed by atoms with Crippen molar-refractivity contribution < 1.29 is 4.79 Å². The van der Waals surface area contributed by atoms with Crippen molar-refractivity contribution in [2.75, 3.05) is 6.54 Å². The van der Waals surface area contributed by atoms with Gasteiger partial charge in [-0.05, 0) is 11.3 Å². The van der Waals surface area contributed by atoms with Gasteiger partial charge in [-0.1, -0.05) is 27.7 Å². The maximum atomic E-state index is 11.8. The van der Waals surface area contributed by atoms with Gasteiger partial charge in [0.25, 0.3) is 5.91 Å². The van der Waals surface area contributed by atoms with Crippen LogP contribution in [0.15, 0.2) is 23.3 Å². The van der Waals surface area contributed by atoms with Crippen LogP contribution in [0.4, 0.5) is 0 Å². The van der Waals surface area contributed by atoms with Gasteiger partial charge in [0.1, 0.15) is 5.56 Å². The van der Waals surface area contributed by atoms with Crippen LogP contribution in [0, 0.1) is 11.3 Å². The highest BCUT2D eigenvalue weighted by molar-refractivity contribution is 5.93. The Labute approximate surface area is 101 Å². The van der Waals surface area contributed by atoms with Gasteiger partial charge < -0.3 is 10.3 Å². The van der Waals surface area contributed by atoms with Crippen molar-refractivity contribution in [2.45, 2.75) is 27.7 Å². The van der Waals surface area contributed by atoms with E-state index in [4.69, 9.17) is 0 Å². The van der Waals surface area contributed by atoms with Crippen LogP contribution in [0.25, 0.3) is 0 Å².